The fourth-order valence-corrected chi connectivity index (χ4v) is 4.93. The number of thioether (sulfide) groups is 1. The van der Waals surface area contributed by atoms with E-state index in [1.54, 1.807) is 23.9 Å². The Labute approximate surface area is 211 Å². The molecule has 1 heterocycles. The van der Waals surface area contributed by atoms with E-state index in [-0.39, 0.29) is 18.4 Å². The van der Waals surface area contributed by atoms with Gasteiger partial charge in [0.2, 0.25) is 6.29 Å². The molecule has 2 amide bonds. The summed E-state index contributed by atoms with van der Waals surface area (Å²) in [5.41, 5.74) is 0. The monoisotopic (exact) mass is 498 g/mol. The molecule has 2 aromatic carbocycles. The number of para-hydroxylation sites is 2. The molecule has 3 atom stereocenters. The topological polar surface area (TPSA) is 96.9 Å². The maximum absolute atomic E-state index is 13.0. The van der Waals surface area contributed by atoms with Crippen LogP contribution in [0.4, 0.5) is 4.79 Å². The molecular formula is C27H34N2O5S. The summed E-state index contributed by atoms with van der Waals surface area (Å²) in [6, 6.07) is 16.1. The van der Waals surface area contributed by atoms with Crippen LogP contribution in [0.3, 0.4) is 0 Å². The normalized spacial score (nSPS) is 15.7. The van der Waals surface area contributed by atoms with Gasteiger partial charge in [0.1, 0.15) is 0 Å². The second-order valence-corrected chi connectivity index (χ2v) is 9.85. The third kappa shape index (κ3) is 7.96. The van der Waals surface area contributed by atoms with Crippen molar-refractivity contribution in [2.45, 2.75) is 56.9 Å². The van der Waals surface area contributed by atoms with E-state index in [9.17, 15) is 14.7 Å². The van der Waals surface area contributed by atoms with Crippen molar-refractivity contribution in [1.29, 1.82) is 0 Å². The Balaban J connectivity index is 1.70. The van der Waals surface area contributed by atoms with Crippen molar-refractivity contribution >= 4 is 23.8 Å². The number of carboxylic acid groups (broad SMARTS) is 1. The molecular weight excluding hydrogens is 464 g/mol. The lowest BCUT2D eigenvalue weighted by Crippen LogP contribution is -2.53. The molecule has 1 aliphatic heterocycles. The number of hydrogen-bond donors (Lipinski definition) is 3. The lowest BCUT2D eigenvalue weighted by Gasteiger charge is -2.29. The molecule has 0 aliphatic carbocycles. The van der Waals surface area contributed by atoms with Crippen LogP contribution in [0.15, 0.2) is 71.6 Å². The Morgan fingerprint density at radius 2 is 1.60 bits per heavy atom. The molecule has 0 radical (unpaired) electrons. The summed E-state index contributed by atoms with van der Waals surface area (Å²) in [7, 11) is 0. The number of fused-ring (bicyclic) bond motifs is 1. The van der Waals surface area contributed by atoms with Crippen molar-refractivity contribution in [3.63, 3.8) is 0 Å². The van der Waals surface area contributed by atoms with Crippen LogP contribution in [0.1, 0.15) is 33.6 Å². The molecule has 2 aromatic rings. The zero-order valence-corrected chi connectivity index (χ0v) is 21.2. The van der Waals surface area contributed by atoms with E-state index in [2.05, 4.69) is 24.5 Å². The van der Waals surface area contributed by atoms with Gasteiger partial charge in [-0.25, -0.2) is 4.79 Å². The number of rotatable bonds is 12. The molecule has 3 rings (SSSR count). The summed E-state index contributed by atoms with van der Waals surface area (Å²) < 4.78 is 12.0. The van der Waals surface area contributed by atoms with Crippen molar-refractivity contribution in [3.8, 4) is 11.5 Å². The molecule has 0 bridgehead atoms. The Bertz CT molecular complexity index is 973. The first-order chi connectivity index (χ1) is 16.9. The van der Waals surface area contributed by atoms with Crippen LogP contribution in [-0.4, -0.2) is 41.2 Å². The van der Waals surface area contributed by atoms with Gasteiger partial charge >= 0.3 is 12.0 Å². The molecule has 0 saturated heterocycles. The third-order valence-electron chi connectivity index (χ3n) is 5.71. The highest BCUT2D eigenvalue weighted by Gasteiger charge is 2.37. The average molecular weight is 499 g/mol. The number of carbonyl (C=O) groups is 2. The summed E-state index contributed by atoms with van der Waals surface area (Å²) >= 11 is 1.67. The standard InChI is InChI=1S/C27H34N2O5S/c1-4-5-13-20(26-33-23-14-9-10-15-24(23)34-26)21(16-25(30)31)28-27(32)29-22(18(2)3)17-35-19-11-7-6-8-12-19/h5-15,18,20-22,26H,4,16-17H2,1-3H3,(H,30,31)(H2,28,29,32)/t20?,21?,22-/m1/s1. The average Bonchev–Trinajstić information content (AvgIpc) is 3.26. The van der Waals surface area contributed by atoms with Crippen LogP contribution in [0, 0.1) is 11.8 Å². The van der Waals surface area contributed by atoms with Crippen LogP contribution in [-0.2, 0) is 4.79 Å². The number of hydrogen-bond acceptors (Lipinski definition) is 5. The van der Waals surface area contributed by atoms with Crippen LogP contribution < -0.4 is 20.1 Å². The highest BCUT2D eigenvalue weighted by atomic mass is 32.2. The minimum absolute atomic E-state index is 0.0986. The van der Waals surface area contributed by atoms with E-state index in [4.69, 9.17) is 9.47 Å². The molecule has 1 aliphatic rings. The van der Waals surface area contributed by atoms with E-state index < -0.39 is 30.3 Å². The van der Waals surface area contributed by atoms with Gasteiger partial charge in [-0.3, -0.25) is 4.79 Å². The number of ether oxygens (including phenoxy) is 2. The third-order valence-corrected chi connectivity index (χ3v) is 6.84. The van der Waals surface area contributed by atoms with E-state index in [0.29, 0.717) is 17.3 Å². The van der Waals surface area contributed by atoms with Crippen molar-refractivity contribution in [3.05, 3.63) is 66.7 Å². The van der Waals surface area contributed by atoms with Gasteiger partial charge in [0.05, 0.1) is 18.4 Å². The Morgan fingerprint density at radius 1 is 1.00 bits per heavy atom. The Morgan fingerprint density at radius 3 is 2.17 bits per heavy atom. The first kappa shape index (κ1) is 26.5. The van der Waals surface area contributed by atoms with Gasteiger partial charge in [-0.15, -0.1) is 11.8 Å². The van der Waals surface area contributed by atoms with E-state index in [1.165, 1.54) is 0 Å². The predicted octanol–water partition coefficient (Wildman–Crippen LogP) is 5.33. The number of aliphatic carboxylic acids is 1. The van der Waals surface area contributed by atoms with Gasteiger partial charge in [0.25, 0.3) is 0 Å². The minimum Gasteiger partial charge on any atom is -0.481 e. The SMILES string of the molecule is CCC=CC(C(CC(=O)O)NC(=O)N[C@H](CSc1ccccc1)C(C)C)C1Oc2ccccc2O1. The van der Waals surface area contributed by atoms with Crippen molar-refractivity contribution in [1.82, 2.24) is 10.6 Å². The fraction of sp³-hybridized carbons (Fsp3) is 0.407. The van der Waals surface area contributed by atoms with Gasteiger partial charge in [0.15, 0.2) is 11.5 Å². The molecule has 0 saturated carbocycles. The predicted molar refractivity (Wildman–Crippen MR) is 138 cm³/mol. The smallest absolute Gasteiger partial charge is 0.315 e. The van der Waals surface area contributed by atoms with Crippen molar-refractivity contribution in [2.24, 2.45) is 11.8 Å². The first-order valence-corrected chi connectivity index (χ1v) is 12.9. The molecule has 35 heavy (non-hydrogen) atoms. The fourth-order valence-electron chi connectivity index (χ4n) is 3.74. The number of amides is 2. The van der Waals surface area contributed by atoms with Crippen molar-refractivity contribution in [2.75, 3.05) is 5.75 Å². The molecule has 188 valence electrons. The van der Waals surface area contributed by atoms with E-state index in [1.807, 2.05) is 61.5 Å². The lowest BCUT2D eigenvalue weighted by molar-refractivity contribution is -0.138. The number of benzene rings is 2. The Hall–Kier alpha value is -3.13. The number of allylic oxidation sites excluding steroid dienone is 1. The van der Waals surface area contributed by atoms with Gasteiger partial charge in [-0.2, -0.15) is 0 Å². The Kier molecular flexibility index (Phi) is 9.90. The van der Waals surface area contributed by atoms with Crippen LogP contribution in [0.25, 0.3) is 0 Å². The largest absolute Gasteiger partial charge is 0.481 e. The molecule has 0 aromatic heterocycles. The molecule has 3 N–H and O–H groups in total. The molecule has 2 unspecified atom stereocenters. The molecule has 8 heteroatoms. The summed E-state index contributed by atoms with van der Waals surface area (Å²) in [6.45, 7) is 6.09. The zero-order chi connectivity index (χ0) is 25.2. The minimum atomic E-state index is -1.01. The summed E-state index contributed by atoms with van der Waals surface area (Å²) in [5, 5.41) is 15.5. The number of carboxylic acids is 1. The highest BCUT2D eigenvalue weighted by molar-refractivity contribution is 7.99. The van der Waals surface area contributed by atoms with E-state index >= 15 is 0 Å². The second-order valence-electron chi connectivity index (χ2n) is 8.76. The van der Waals surface area contributed by atoms with Gasteiger partial charge in [-0.05, 0) is 36.6 Å². The van der Waals surface area contributed by atoms with Crippen LogP contribution in [0.2, 0.25) is 0 Å². The number of urea groups is 1. The number of carbonyl (C=O) groups excluding carboxylic acids is 1. The maximum Gasteiger partial charge on any atom is 0.315 e. The van der Waals surface area contributed by atoms with Gasteiger partial charge in [0, 0.05) is 16.7 Å². The molecule has 0 spiro atoms. The van der Waals surface area contributed by atoms with Gasteiger partial charge < -0.3 is 25.2 Å². The number of nitrogens with one attached hydrogen (secondary N) is 2. The second kappa shape index (κ2) is 13.1. The molecule has 0 fully saturated rings. The quantitative estimate of drug-likeness (QED) is 0.271. The lowest BCUT2D eigenvalue weighted by atomic mass is 9.95. The summed E-state index contributed by atoms with van der Waals surface area (Å²) in [4.78, 5) is 25.9. The summed E-state index contributed by atoms with van der Waals surface area (Å²) in [5.74, 6) is 0.581. The highest BCUT2D eigenvalue weighted by Crippen LogP contribution is 2.37. The van der Waals surface area contributed by atoms with Crippen LogP contribution >= 0.6 is 11.8 Å². The van der Waals surface area contributed by atoms with E-state index in [0.717, 1.165) is 11.3 Å². The maximum atomic E-state index is 13.0. The van der Waals surface area contributed by atoms with Crippen molar-refractivity contribution < 1.29 is 24.2 Å². The first-order valence-electron chi connectivity index (χ1n) is 11.9. The zero-order valence-electron chi connectivity index (χ0n) is 20.3. The summed E-state index contributed by atoms with van der Waals surface area (Å²) in [6.07, 6.45) is 3.55. The van der Waals surface area contributed by atoms with Gasteiger partial charge in [-0.1, -0.05) is 63.3 Å². The van der Waals surface area contributed by atoms with Crippen LogP contribution in [0.5, 0.6) is 11.5 Å². The molecule has 7 nitrogen and oxygen atoms in total.